The number of pyridine rings is 6. The molecule has 4 N–H and O–H groups in total. The number of carbonyl (C=O) groups is 3. The summed E-state index contributed by atoms with van der Waals surface area (Å²) in [6, 6.07) is 84.2. The largest absolute Gasteiger partial charge is 1.00 e. The maximum atomic E-state index is 12.9. The van der Waals surface area contributed by atoms with Crippen molar-refractivity contribution >= 4 is 91.3 Å². The number of halogens is 1. The zero-order chi connectivity index (χ0) is 92.8. The smallest absolute Gasteiger partial charge is 1.00 e. The molecule has 32 heteroatoms. The van der Waals surface area contributed by atoms with Crippen molar-refractivity contribution in [1.82, 2.24) is 59.3 Å². The van der Waals surface area contributed by atoms with Crippen molar-refractivity contribution in [2.75, 3.05) is 189 Å². The number of carboxylic acid groups (broad SMARTS) is 1. The molecule has 28 nitrogen and oxygen atoms in total. The molecule has 0 aliphatic carbocycles. The van der Waals surface area contributed by atoms with Gasteiger partial charge in [0.1, 0.15) is 46.5 Å². The molecule has 134 heavy (non-hydrogen) atoms. The molecule has 692 valence electrons. The van der Waals surface area contributed by atoms with E-state index in [0.717, 1.165) is 164 Å². The van der Waals surface area contributed by atoms with Gasteiger partial charge in [-0.15, -0.1) is 0 Å². The first-order chi connectivity index (χ1) is 64.0. The van der Waals surface area contributed by atoms with Crippen molar-refractivity contribution in [1.29, 1.82) is 5.26 Å². The predicted octanol–water partition coefficient (Wildman–Crippen LogP) is 9.62. The first-order valence-corrected chi connectivity index (χ1v) is 46.2. The molecule has 0 bridgehead atoms. The molecule has 6 fully saturated rings. The molecule has 6 aromatic heterocycles. The van der Waals surface area contributed by atoms with E-state index in [1.54, 1.807) is 55.2 Å². The van der Waals surface area contributed by atoms with E-state index < -0.39 is 21.6 Å². The van der Waals surface area contributed by atoms with Crippen LogP contribution in [0.25, 0.3) is 0 Å². The van der Waals surface area contributed by atoms with E-state index in [1.165, 1.54) is 44.8 Å². The van der Waals surface area contributed by atoms with Gasteiger partial charge in [-0.2, -0.15) is 13.7 Å². The van der Waals surface area contributed by atoms with Gasteiger partial charge >= 0.3 is 35.2 Å². The van der Waals surface area contributed by atoms with E-state index in [0.29, 0.717) is 28.8 Å². The molecule has 14 heterocycles. The van der Waals surface area contributed by atoms with Crippen molar-refractivity contribution in [3.05, 3.63) is 358 Å². The minimum absolute atomic E-state index is 0. The summed E-state index contributed by atoms with van der Waals surface area (Å²) in [5, 5.41) is 27.9. The third-order valence-electron chi connectivity index (χ3n) is 25.1. The van der Waals surface area contributed by atoms with Gasteiger partial charge in [-0.05, 0) is 159 Å². The second kappa shape index (κ2) is 48.5. The number of carboxylic acids is 1. The number of aliphatic hydroxyl groups is 1. The molecule has 12 aromatic rings. The molecule has 6 unspecified atom stereocenters. The summed E-state index contributed by atoms with van der Waals surface area (Å²) >= 11 is 5.73. The second-order valence-corrected chi connectivity index (χ2v) is 35.3. The van der Waals surface area contributed by atoms with Gasteiger partial charge in [0, 0.05) is 173 Å². The number of piperazine rings is 6. The molecule has 0 amide bonds. The van der Waals surface area contributed by atoms with Crippen LogP contribution in [0.1, 0.15) is 130 Å². The van der Waals surface area contributed by atoms with Gasteiger partial charge in [-0.1, -0.05) is 182 Å². The number of benzene rings is 6. The van der Waals surface area contributed by atoms with Gasteiger partial charge in [-0.25, -0.2) is 34.7 Å². The monoisotopic (exact) mass is 1850 g/mol. The topological polar surface area (TPSA) is 306 Å². The SMILES string of the molecule is CN1CCN(c2ncccc2C#N)C(c2ccccc2)C1.CN1CCN(c2ncccc2C(=O)Cl)C(c2ccccc2)C1.CN1CCN(c2ncccc2C(=O)O)C(c2ccccc2)C1.CN1CCN(c2ncccc2CO)C(c2ccccc2)C1.CN1CCN2c3ncccc3C(=O)c3ccccc3C2C1.CN1CCN2c3ncccc3Cc3ccccc3C2C1.O=S(=O)(O)O.[AlH3].[H-].[Li+]. The van der Waals surface area contributed by atoms with Gasteiger partial charge < -0.3 is 70.4 Å². The Bertz CT molecular complexity index is 5900. The van der Waals surface area contributed by atoms with Crippen LogP contribution in [-0.4, -0.2) is 281 Å². The Morgan fingerprint density at radius 3 is 1.13 bits per heavy atom. The number of carbonyl (C=O) groups excluding carboxylic acids is 2. The molecule has 20 rings (SSSR count). The third-order valence-corrected chi connectivity index (χ3v) is 25.3. The standard InChI is InChI=1S/C17H18ClN3O.C17H18N4.C17H19N3O2.C17H17N3O.C17H21N3O.C17H19N3.Al.Li.H2O4S.4H/c1-20-10-11-21(15(12-20)13-6-3-2-4-7-13)17-14(16(18)22)8-5-9-19-17;1-20-10-11-21(17-15(12-18)8-5-9-19-17)16(13-20)14-6-3-2-4-7-14;1-19-10-11-20(15(12-19)13-6-3-2-4-7-13)16-14(17(21)22)8-5-9-18-16;1-19-9-10-20-15(11-19)12-5-2-3-6-13(12)16(21)14-7-4-8-18-17(14)20;1-19-10-11-20(17-15(13-21)8-5-9-18-17)16(12-19)14-6-3-2-4-7-14;1-19-9-10-20-16(12-19)15-7-3-2-5-13(15)11-14-6-4-8-18-17(14)20;;;1-5(2,3)4;;;;/h2-9,15H,10-12H2,1H3;2-9,16H,10-11,13H2,1H3;2-9,15H,10-12H2,1H3,(H,21,22);2-8,15H,9-11H2,1H3;2-9,16,21H,10-13H2,1H3;2-8,16H,9-12H2,1H3;;;(H2,1,2,3,4);;;;/q;;;;;;;+1;;;;;-1. The molecule has 8 aliphatic rings. The van der Waals surface area contributed by atoms with E-state index in [4.69, 9.17) is 29.1 Å². The first kappa shape index (κ1) is 101. The summed E-state index contributed by atoms with van der Waals surface area (Å²) in [5.74, 6) is 4.09. The van der Waals surface area contributed by atoms with Crippen LogP contribution in [0.2, 0.25) is 0 Å². The van der Waals surface area contributed by atoms with Crippen molar-refractivity contribution < 1.29 is 62.4 Å². The number of fused-ring (bicyclic) bond motifs is 10. The fourth-order valence-electron chi connectivity index (χ4n) is 18.5. The normalized spacial score (nSPS) is 19.4. The van der Waals surface area contributed by atoms with E-state index in [2.05, 4.69) is 252 Å². The van der Waals surface area contributed by atoms with Crippen LogP contribution in [0.3, 0.4) is 0 Å². The Morgan fingerprint density at radius 1 is 0.381 bits per heavy atom. The van der Waals surface area contributed by atoms with E-state index in [9.17, 15) is 29.9 Å². The van der Waals surface area contributed by atoms with E-state index >= 15 is 0 Å². The average Bonchev–Trinajstić information content (AvgIpc) is 1.62. The minimum atomic E-state index is -4.67. The van der Waals surface area contributed by atoms with Crippen LogP contribution in [0.4, 0.5) is 34.9 Å². The van der Waals surface area contributed by atoms with Gasteiger partial charge in [0.25, 0.3) is 5.24 Å². The summed E-state index contributed by atoms with van der Waals surface area (Å²) in [6.45, 7) is 16.9. The number of rotatable bonds is 11. The number of likely N-dealkylation sites (N-methyl/N-ethyl adjacent to an activating group) is 6. The zero-order valence-corrected chi connectivity index (χ0v) is 77.9. The number of nitriles is 1. The average molecular weight is 1860 g/mol. The number of nitrogens with zero attached hydrogens (tertiary/aromatic N) is 19. The predicted molar refractivity (Wildman–Crippen MR) is 529 cm³/mol. The van der Waals surface area contributed by atoms with Crippen molar-refractivity contribution in [3.8, 4) is 6.07 Å². The molecule has 0 spiro atoms. The summed E-state index contributed by atoms with van der Waals surface area (Å²) in [7, 11) is 8.16. The van der Waals surface area contributed by atoms with Crippen LogP contribution in [0, 0.1) is 11.3 Å². The Balaban J connectivity index is 0.000000153. The number of hydrogen-bond donors (Lipinski definition) is 4. The maximum absolute atomic E-state index is 12.9. The molecule has 0 saturated carbocycles. The van der Waals surface area contributed by atoms with Crippen molar-refractivity contribution in [3.63, 3.8) is 0 Å². The molecular formula is C102H118AlClLiN19O9S. The van der Waals surface area contributed by atoms with Crippen molar-refractivity contribution in [2.45, 2.75) is 49.3 Å². The van der Waals surface area contributed by atoms with Crippen LogP contribution in [0.5, 0.6) is 0 Å². The summed E-state index contributed by atoms with van der Waals surface area (Å²) < 4.78 is 31.6. The quantitative estimate of drug-likeness (QED) is 0.0532. The molecule has 6 atom stereocenters. The Hall–Kier alpha value is -11.7. The molecule has 6 saturated heterocycles. The van der Waals surface area contributed by atoms with E-state index in [-0.39, 0.29) is 85.8 Å². The van der Waals surface area contributed by atoms with Gasteiger partial charge in [-0.3, -0.25) is 18.7 Å². The zero-order valence-electron chi connectivity index (χ0n) is 77.3. The number of anilines is 6. The minimum Gasteiger partial charge on any atom is -1.00 e. The fourth-order valence-corrected chi connectivity index (χ4v) is 18.7. The molecule has 0 radical (unpaired) electrons. The van der Waals surface area contributed by atoms with Crippen LogP contribution in [-0.2, 0) is 23.4 Å². The fraction of sp³-hybridized carbons (Fsp3) is 0.314. The van der Waals surface area contributed by atoms with Crippen LogP contribution < -0.4 is 48.3 Å². The number of aromatic carboxylic acids is 1. The first-order valence-electron chi connectivity index (χ1n) is 44.4. The molecule has 8 aliphatic heterocycles. The van der Waals surface area contributed by atoms with Gasteiger partial charge in [0.2, 0.25) is 0 Å². The molecule has 6 aromatic carbocycles. The van der Waals surface area contributed by atoms with Gasteiger partial charge in [0.05, 0.1) is 59.5 Å². The summed E-state index contributed by atoms with van der Waals surface area (Å²) in [5.41, 5.74) is 14.1. The Kier molecular flexibility index (Phi) is 36.7. The van der Waals surface area contributed by atoms with Crippen molar-refractivity contribution in [2.24, 2.45) is 0 Å². The van der Waals surface area contributed by atoms with Crippen LogP contribution in [0.15, 0.2) is 280 Å². The number of hydrogen-bond acceptors (Lipinski definition) is 25. The Labute approximate surface area is 815 Å². The van der Waals surface area contributed by atoms with Gasteiger partial charge in [0.15, 0.2) is 23.1 Å². The second-order valence-electron chi connectivity index (χ2n) is 34.0. The van der Waals surface area contributed by atoms with Crippen LogP contribution >= 0.6 is 11.6 Å². The molecular weight excluding hydrogens is 1740 g/mol. The third kappa shape index (κ3) is 25.7. The summed E-state index contributed by atoms with van der Waals surface area (Å²) in [6.07, 6.45) is 11.6. The summed E-state index contributed by atoms with van der Waals surface area (Å²) in [4.78, 5) is 90.6. The Morgan fingerprint density at radius 2 is 0.687 bits per heavy atom. The maximum Gasteiger partial charge on any atom is 1.00 e. The number of aromatic nitrogens is 6. The van der Waals surface area contributed by atoms with E-state index in [1.807, 2.05) is 109 Å². The number of ketones is 1. The number of aliphatic hydroxyl groups excluding tert-OH is 1.